The van der Waals surface area contributed by atoms with Crippen LogP contribution in [-0.2, 0) is 19.7 Å². The molecular formula is C25H18BrClN2O7S. The fraction of sp³-hybridized carbons (Fsp3) is 0.0800. The molecule has 4 rings (SSSR count). The van der Waals surface area contributed by atoms with E-state index in [9.17, 15) is 22.8 Å². The Hall–Kier alpha value is -3.67. The van der Waals surface area contributed by atoms with Crippen LogP contribution in [0.25, 0.3) is 6.08 Å². The van der Waals surface area contributed by atoms with E-state index in [0.29, 0.717) is 5.56 Å². The van der Waals surface area contributed by atoms with Gasteiger partial charge in [-0.3, -0.25) is 14.9 Å². The second kappa shape index (κ2) is 10.8. The van der Waals surface area contributed by atoms with Gasteiger partial charge in [-0.05, 0) is 70.9 Å². The first kappa shape index (κ1) is 26.4. The van der Waals surface area contributed by atoms with Crippen LogP contribution in [0.4, 0.5) is 10.5 Å². The van der Waals surface area contributed by atoms with Gasteiger partial charge >= 0.3 is 16.1 Å². The molecule has 0 atom stereocenters. The number of carbonyl (C=O) groups is 3. The summed E-state index contributed by atoms with van der Waals surface area (Å²) in [6.07, 6.45) is 1.25. The van der Waals surface area contributed by atoms with Crippen LogP contribution in [0.5, 0.6) is 11.5 Å². The molecule has 37 heavy (non-hydrogen) atoms. The average molecular weight is 606 g/mol. The highest BCUT2D eigenvalue weighted by Crippen LogP contribution is 2.39. The molecule has 1 heterocycles. The minimum atomic E-state index is -4.18. The van der Waals surface area contributed by atoms with Crippen LogP contribution in [0.15, 0.2) is 81.7 Å². The van der Waals surface area contributed by atoms with E-state index in [0.717, 1.165) is 4.90 Å². The smallest absolute Gasteiger partial charge is 0.339 e. The zero-order valence-corrected chi connectivity index (χ0v) is 22.3. The Labute approximate surface area is 225 Å². The van der Waals surface area contributed by atoms with Crippen molar-refractivity contribution in [3.05, 3.63) is 87.4 Å². The van der Waals surface area contributed by atoms with E-state index in [2.05, 4.69) is 21.2 Å². The quantitative estimate of drug-likeness (QED) is 0.230. The first-order chi connectivity index (χ1) is 17.6. The lowest BCUT2D eigenvalue weighted by molar-refractivity contribution is -0.122. The van der Waals surface area contributed by atoms with Crippen molar-refractivity contribution in [1.82, 2.24) is 5.32 Å². The standard InChI is InChI=1S/C25H18BrClN2O7S/c1-2-35-21-14-15(13-18(26)22(21)36-37(33,34)16-8-4-3-5-9-16)12-17-23(30)28-25(32)29(24(17)31)20-11-7-6-10-19(20)27/h3-14H,2H2,1H3,(H,28,30,32)/b17-12+. The van der Waals surface area contributed by atoms with Crippen LogP contribution in [0.3, 0.4) is 0 Å². The normalized spacial score (nSPS) is 15.1. The van der Waals surface area contributed by atoms with Crippen molar-refractivity contribution < 1.29 is 31.7 Å². The van der Waals surface area contributed by atoms with Crippen molar-refractivity contribution in [2.45, 2.75) is 11.8 Å². The molecule has 3 aromatic rings. The summed E-state index contributed by atoms with van der Waals surface area (Å²) in [5.41, 5.74) is 0.0577. The van der Waals surface area contributed by atoms with Crippen LogP contribution in [0, 0.1) is 0 Å². The van der Waals surface area contributed by atoms with Crippen LogP contribution in [0.1, 0.15) is 12.5 Å². The van der Waals surface area contributed by atoms with E-state index >= 15 is 0 Å². The Bertz CT molecular complexity index is 1540. The summed E-state index contributed by atoms with van der Waals surface area (Å²) >= 11 is 9.45. The summed E-state index contributed by atoms with van der Waals surface area (Å²) in [6.45, 7) is 1.86. The Morgan fingerprint density at radius 1 is 1.03 bits per heavy atom. The van der Waals surface area contributed by atoms with Crippen molar-refractivity contribution in [2.24, 2.45) is 0 Å². The summed E-state index contributed by atoms with van der Waals surface area (Å²) in [4.78, 5) is 38.9. The first-order valence-electron chi connectivity index (χ1n) is 10.7. The van der Waals surface area contributed by atoms with Gasteiger partial charge in [0.05, 0.1) is 21.8 Å². The molecular weight excluding hydrogens is 588 g/mol. The highest BCUT2D eigenvalue weighted by molar-refractivity contribution is 9.10. The maximum atomic E-state index is 13.2. The van der Waals surface area contributed by atoms with Gasteiger partial charge in [0, 0.05) is 0 Å². The van der Waals surface area contributed by atoms with Gasteiger partial charge in [-0.1, -0.05) is 41.9 Å². The molecule has 12 heteroatoms. The third kappa shape index (κ3) is 5.53. The minimum Gasteiger partial charge on any atom is -0.490 e. The molecule has 0 spiro atoms. The lowest BCUT2D eigenvalue weighted by atomic mass is 10.1. The number of para-hydroxylation sites is 1. The number of benzene rings is 3. The number of nitrogens with zero attached hydrogens (tertiary/aromatic N) is 1. The molecule has 1 saturated heterocycles. The first-order valence-corrected chi connectivity index (χ1v) is 13.3. The molecule has 0 radical (unpaired) electrons. The molecule has 3 aromatic carbocycles. The maximum absolute atomic E-state index is 13.2. The fourth-order valence-electron chi connectivity index (χ4n) is 3.44. The van der Waals surface area contributed by atoms with Crippen molar-refractivity contribution in [3.8, 4) is 11.5 Å². The van der Waals surface area contributed by atoms with Crippen molar-refractivity contribution in [2.75, 3.05) is 11.5 Å². The largest absolute Gasteiger partial charge is 0.490 e. The molecule has 0 unspecified atom stereocenters. The van der Waals surface area contributed by atoms with Gasteiger partial charge < -0.3 is 8.92 Å². The van der Waals surface area contributed by atoms with Crippen molar-refractivity contribution in [1.29, 1.82) is 0 Å². The Kier molecular flexibility index (Phi) is 7.67. The van der Waals surface area contributed by atoms with Crippen LogP contribution in [-0.4, -0.2) is 32.9 Å². The Balaban J connectivity index is 1.74. The van der Waals surface area contributed by atoms with Crippen molar-refractivity contribution >= 4 is 67.3 Å². The molecule has 190 valence electrons. The third-order valence-corrected chi connectivity index (χ3v) is 7.21. The summed E-state index contributed by atoms with van der Waals surface area (Å²) in [5.74, 6) is -1.85. The second-order valence-electron chi connectivity index (χ2n) is 7.52. The van der Waals surface area contributed by atoms with Crippen LogP contribution in [0.2, 0.25) is 5.02 Å². The summed E-state index contributed by atoms with van der Waals surface area (Å²) < 4.78 is 36.7. The number of urea groups is 1. The Morgan fingerprint density at radius 2 is 1.70 bits per heavy atom. The van der Waals surface area contributed by atoms with Gasteiger partial charge in [-0.15, -0.1) is 0 Å². The predicted molar refractivity (Wildman–Crippen MR) is 140 cm³/mol. The number of halogens is 2. The number of hydrogen-bond acceptors (Lipinski definition) is 7. The topological polar surface area (TPSA) is 119 Å². The number of hydrogen-bond donors (Lipinski definition) is 1. The fourth-order valence-corrected chi connectivity index (χ4v) is 5.28. The predicted octanol–water partition coefficient (Wildman–Crippen LogP) is 4.94. The Morgan fingerprint density at radius 3 is 2.38 bits per heavy atom. The van der Waals surface area contributed by atoms with Gasteiger partial charge in [0.15, 0.2) is 11.5 Å². The number of amides is 4. The maximum Gasteiger partial charge on any atom is 0.339 e. The van der Waals surface area contributed by atoms with Crippen molar-refractivity contribution in [3.63, 3.8) is 0 Å². The number of ether oxygens (including phenoxy) is 1. The third-order valence-electron chi connectivity index (χ3n) is 5.06. The second-order valence-corrected chi connectivity index (χ2v) is 10.3. The van der Waals surface area contributed by atoms with E-state index in [-0.39, 0.29) is 43.8 Å². The molecule has 1 aliphatic rings. The number of imide groups is 2. The zero-order valence-electron chi connectivity index (χ0n) is 19.1. The number of carbonyl (C=O) groups excluding carboxylic acids is 3. The number of rotatable bonds is 7. The van der Waals surface area contributed by atoms with Gasteiger partial charge in [-0.2, -0.15) is 8.42 Å². The molecule has 1 fully saturated rings. The minimum absolute atomic E-state index is 0.0472. The van der Waals surface area contributed by atoms with Crippen LogP contribution >= 0.6 is 27.5 Å². The highest BCUT2D eigenvalue weighted by Gasteiger charge is 2.37. The van der Waals surface area contributed by atoms with Gasteiger partial charge in [0.1, 0.15) is 10.5 Å². The number of anilines is 1. The monoisotopic (exact) mass is 604 g/mol. The lowest BCUT2D eigenvalue weighted by Gasteiger charge is -2.27. The highest BCUT2D eigenvalue weighted by atomic mass is 79.9. The van der Waals surface area contributed by atoms with E-state index < -0.39 is 28.0 Å². The molecule has 0 aromatic heterocycles. The zero-order chi connectivity index (χ0) is 26.7. The van der Waals surface area contributed by atoms with E-state index in [4.69, 9.17) is 20.5 Å². The molecule has 0 aliphatic carbocycles. The number of nitrogens with one attached hydrogen (secondary N) is 1. The molecule has 4 amide bonds. The summed E-state index contributed by atoms with van der Waals surface area (Å²) in [7, 11) is -4.18. The van der Waals surface area contributed by atoms with E-state index in [1.165, 1.54) is 42.5 Å². The SMILES string of the molecule is CCOc1cc(/C=C2\C(=O)NC(=O)N(c3ccccc3Cl)C2=O)cc(Br)c1OS(=O)(=O)c1ccccc1. The molecule has 0 bridgehead atoms. The van der Waals surface area contributed by atoms with E-state index in [1.807, 2.05) is 0 Å². The van der Waals surface area contributed by atoms with Gasteiger partial charge in [0.2, 0.25) is 0 Å². The summed E-state index contributed by atoms with van der Waals surface area (Å²) in [6, 6.07) is 15.7. The van der Waals surface area contributed by atoms with E-state index in [1.54, 1.807) is 37.3 Å². The van der Waals surface area contributed by atoms with Crippen LogP contribution < -0.4 is 19.1 Å². The lowest BCUT2D eigenvalue weighted by Crippen LogP contribution is -2.54. The van der Waals surface area contributed by atoms with Gasteiger partial charge in [-0.25, -0.2) is 9.69 Å². The van der Waals surface area contributed by atoms with Gasteiger partial charge in [0.25, 0.3) is 11.8 Å². The molecule has 1 N–H and O–H groups in total. The molecule has 0 saturated carbocycles. The summed E-state index contributed by atoms with van der Waals surface area (Å²) in [5, 5.41) is 2.27. The molecule has 1 aliphatic heterocycles. The molecule has 9 nitrogen and oxygen atoms in total. The average Bonchev–Trinajstić information content (AvgIpc) is 2.85. The number of barbiturate groups is 1.